The Bertz CT molecular complexity index is 353. The smallest absolute Gasteiger partial charge is 0.142 e. The highest BCUT2D eigenvalue weighted by atomic mass is 79.9. The third kappa shape index (κ3) is 3.74. The van der Waals surface area contributed by atoms with Crippen LogP contribution in [0, 0.1) is 5.92 Å². The lowest BCUT2D eigenvalue weighted by Gasteiger charge is -2.28. The van der Waals surface area contributed by atoms with E-state index in [2.05, 4.69) is 69.6 Å². The molecule has 0 aromatic carbocycles. The van der Waals surface area contributed by atoms with E-state index >= 15 is 0 Å². The maximum absolute atomic E-state index is 4.44. The van der Waals surface area contributed by atoms with Crippen LogP contribution < -0.4 is 4.90 Å². The zero-order valence-electron chi connectivity index (χ0n) is 10.2. The highest BCUT2D eigenvalue weighted by Crippen LogP contribution is 2.28. The van der Waals surface area contributed by atoms with Gasteiger partial charge in [0.1, 0.15) is 5.82 Å². The summed E-state index contributed by atoms with van der Waals surface area (Å²) < 4.78 is 2.02. The second-order valence-electron chi connectivity index (χ2n) is 4.55. The molecule has 0 spiro atoms. The molecule has 1 heterocycles. The molecule has 2 nitrogen and oxygen atoms in total. The third-order valence-electron chi connectivity index (χ3n) is 2.60. The molecule has 0 bridgehead atoms. The molecule has 1 rings (SSSR count). The normalized spacial score (nSPS) is 12.9. The molecule has 0 radical (unpaired) electrons. The van der Waals surface area contributed by atoms with Crippen molar-refractivity contribution in [1.82, 2.24) is 4.98 Å². The Morgan fingerprint density at radius 2 is 1.94 bits per heavy atom. The first kappa shape index (κ1) is 14.0. The molecule has 1 unspecified atom stereocenters. The van der Waals surface area contributed by atoms with E-state index in [1.807, 2.05) is 12.3 Å². The monoisotopic (exact) mass is 348 g/mol. The summed E-state index contributed by atoms with van der Waals surface area (Å²) in [4.78, 5) is 6.66. The summed E-state index contributed by atoms with van der Waals surface area (Å²) in [5.41, 5.74) is 0. The van der Waals surface area contributed by atoms with E-state index in [-0.39, 0.29) is 0 Å². The van der Waals surface area contributed by atoms with Gasteiger partial charge in [-0.05, 0) is 57.2 Å². The summed E-state index contributed by atoms with van der Waals surface area (Å²) in [5.74, 6) is 1.70. The summed E-state index contributed by atoms with van der Waals surface area (Å²) in [6.07, 6.45) is 3.00. The van der Waals surface area contributed by atoms with Gasteiger partial charge in [0.25, 0.3) is 0 Å². The number of hydrogen-bond donors (Lipinski definition) is 0. The van der Waals surface area contributed by atoms with Gasteiger partial charge in [0, 0.05) is 23.8 Å². The maximum atomic E-state index is 4.44. The quantitative estimate of drug-likeness (QED) is 0.796. The fourth-order valence-electron chi connectivity index (χ4n) is 1.72. The van der Waals surface area contributed by atoms with Crippen molar-refractivity contribution in [2.75, 3.05) is 11.9 Å². The van der Waals surface area contributed by atoms with Crippen LogP contribution in [0.2, 0.25) is 0 Å². The van der Waals surface area contributed by atoms with Gasteiger partial charge >= 0.3 is 0 Å². The molecule has 0 fully saturated rings. The average molecular weight is 350 g/mol. The Hall–Kier alpha value is -0.0900. The first-order chi connectivity index (χ1) is 7.41. The predicted octanol–water partition coefficient (Wildman–Crippen LogP) is 4.48. The Kier molecular flexibility index (Phi) is 5.25. The standard InChI is InChI=1S/C12H18Br2N2/c1-8(2)5-9(3)16(4)12-11(14)6-10(13)7-15-12/h6-9H,5H2,1-4H3. The Morgan fingerprint density at radius 1 is 1.31 bits per heavy atom. The maximum Gasteiger partial charge on any atom is 0.142 e. The molecule has 0 aliphatic carbocycles. The molecular formula is C12H18Br2N2. The van der Waals surface area contributed by atoms with E-state index in [9.17, 15) is 0 Å². The van der Waals surface area contributed by atoms with Crippen molar-refractivity contribution in [3.05, 3.63) is 21.2 Å². The van der Waals surface area contributed by atoms with Crippen LogP contribution in [0.4, 0.5) is 5.82 Å². The fourth-order valence-corrected chi connectivity index (χ4v) is 2.98. The topological polar surface area (TPSA) is 16.1 Å². The first-order valence-electron chi connectivity index (χ1n) is 5.45. The van der Waals surface area contributed by atoms with Crippen molar-refractivity contribution in [1.29, 1.82) is 0 Å². The summed E-state index contributed by atoms with van der Waals surface area (Å²) in [6.45, 7) is 6.72. The van der Waals surface area contributed by atoms with E-state index in [0.717, 1.165) is 14.8 Å². The summed E-state index contributed by atoms with van der Waals surface area (Å²) in [5, 5.41) is 0. The van der Waals surface area contributed by atoms with Crippen molar-refractivity contribution >= 4 is 37.7 Å². The molecule has 16 heavy (non-hydrogen) atoms. The summed E-state index contributed by atoms with van der Waals surface area (Å²) in [7, 11) is 2.09. The predicted molar refractivity (Wildman–Crippen MR) is 77.0 cm³/mol. The molecule has 1 aromatic heterocycles. The molecular weight excluding hydrogens is 332 g/mol. The largest absolute Gasteiger partial charge is 0.356 e. The number of anilines is 1. The van der Waals surface area contributed by atoms with Crippen molar-refractivity contribution in [3.8, 4) is 0 Å². The molecule has 0 saturated carbocycles. The van der Waals surface area contributed by atoms with E-state index in [4.69, 9.17) is 0 Å². The summed E-state index contributed by atoms with van der Waals surface area (Å²) >= 11 is 6.96. The zero-order chi connectivity index (χ0) is 12.3. The lowest BCUT2D eigenvalue weighted by molar-refractivity contribution is 0.501. The Balaban J connectivity index is 2.83. The Morgan fingerprint density at radius 3 is 2.44 bits per heavy atom. The number of halogens is 2. The molecule has 1 atom stereocenters. The van der Waals surface area contributed by atoms with Crippen molar-refractivity contribution in [2.24, 2.45) is 5.92 Å². The molecule has 90 valence electrons. The van der Waals surface area contributed by atoms with Crippen LogP contribution in [0.1, 0.15) is 27.2 Å². The first-order valence-corrected chi connectivity index (χ1v) is 7.04. The van der Waals surface area contributed by atoms with Gasteiger partial charge in [-0.1, -0.05) is 13.8 Å². The minimum Gasteiger partial charge on any atom is -0.356 e. The second kappa shape index (κ2) is 6.01. The molecule has 0 saturated heterocycles. The minimum atomic E-state index is 0.491. The van der Waals surface area contributed by atoms with Gasteiger partial charge in [-0.3, -0.25) is 0 Å². The van der Waals surface area contributed by atoms with Crippen LogP contribution >= 0.6 is 31.9 Å². The molecule has 4 heteroatoms. The van der Waals surface area contributed by atoms with Crippen LogP contribution in [0.3, 0.4) is 0 Å². The van der Waals surface area contributed by atoms with Gasteiger partial charge in [-0.15, -0.1) is 0 Å². The van der Waals surface area contributed by atoms with Crippen molar-refractivity contribution < 1.29 is 0 Å². The molecule has 0 amide bonds. The number of aromatic nitrogens is 1. The lowest BCUT2D eigenvalue weighted by atomic mass is 10.0. The van der Waals surface area contributed by atoms with Gasteiger partial charge in [-0.25, -0.2) is 4.98 Å². The van der Waals surface area contributed by atoms with Gasteiger partial charge < -0.3 is 4.90 Å². The number of rotatable bonds is 4. The minimum absolute atomic E-state index is 0.491. The van der Waals surface area contributed by atoms with E-state index in [1.165, 1.54) is 6.42 Å². The van der Waals surface area contributed by atoms with Crippen LogP contribution in [0.25, 0.3) is 0 Å². The lowest BCUT2D eigenvalue weighted by Crippen LogP contribution is -2.31. The van der Waals surface area contributed by atoms with Gasteiger partial charge in [0.05, 0.1) is 4.47 Å². The van der Waals surface area contributed by atoms with Crippen LogP contribution in [-0.4, -0.2) is 18.1 Å². The molecule has 0 N–H and O–H groups in total. The fraction of sp³-hybridized carbons (Fsp3) is 0.583. The average Bonchev–Trinajstić information content (AvgIpc) is 2.15. The van der Waals surface area contributed by atoms with E-state index in [0.29, 0.717) is 12.0 Å². The van der Waals surface area contributed by atoms with Crippen molar-refractivity contribution in [2.45, 2.75) is 33.2 Å². The molecule has 0 aliphatic heterocycles. The van der Waals surface area contributed by atoms with Crippen LogP contribution in [0.15, 0.2) is 21.2 Å². The van der Waals surface area contributed by atoms with E-state index < -0.39 is 0 Å². The molecule has 0 aliphatic rings. The van der Waals surface area contributed by atoms with E-state index in [1.54, 1.807) is 0 Å². The number of nitrogens with zero attached hydrogens (tertiary/aromatic N) is 2. The second-order valence-corrected chi connectivity index (χ2v) is 6.32. The third-order valence-corrected chi connectivity index (χ3v) is 3.61. The zero-order valence-corrected chi connectivity index (χ0v) is 13.3. The van der Waals surface area contributed by atoms with Gasteiger partial charge in [0.15, 0.2) is 0 Å². The Labute approximate surface area is 115 Å². The summed E-state index contributed by atoms with van der Waals surface area (Å²) in [6, 6.07) is 2.52. The number of hydrogen-bond acceptors (Lipinski definition) is 2. The van der Waals surface area contributed by atoms with Gasteiger partial charge in [0.2, 0.25) is 0 Å². The highest BCUT2D eigenvalue weighted by Gasteiger charge is 2.15. The van der Waals surface area contributed by atoms with Crippen molar-refractivity contribution in [3.63, 3.8) is 0 Å². The highest BCUT2D eigenvalue weighted by molar-refractivity contribution is 9.11. The SMILES string of the molecule is CC(C)CC(C)N(C)c1ncc(Br)cc1Br. The van der Waals surface area contributed by atoms with Crippen LogP contribution in [-0.2, 0) is 0 Å². The van der Waals surface area contributed by atoms with Gasteiger partial charge in [-0.2, -0.15) is 0 Å². The number of pyridine rings is 1. The molecule has 1 aromatic rings. The van der Waals surface area contributed by atoms with Crippen LogP contribution in [0.5, 0.6) is 0 Å².